The summed E-state index contributed by atoms with van der Waals surface area (Å²) in [7, 11) is 1.70. The van der Waals surface area contributed by atoms with Crippen molar-refractivity contribution in [3.8, 4) is 5.75 Å². The fraction of sp³-hybridized carbons (Fsp3) is 0.400. The monoisotopic (exact) mass is 387 g/mol. The molecule has 1 amide bonds. The van der Waals surface area contributed by atoms with Gasteiger partial charge >= 0.3 is 5.97 Å². The smallest absolute Gasteiger partial charge is 0.306 e. The molecule has 2 rings (SSSR count). The Morgan fingerprint density at radius 2 is 1.86 bits per heavy atom. The lowest BCUT2D eigenvalue weighted by atomic mass is 10.1. The van der Waals surface area contributed by atoms with Crippen molar-refractivity contribution < 1.29 is 23.9 Å². The molecule has 0 atom stereocenters. The highest BCUT2D eigenvalue weighted by Gasteiger charge is 2.13. The summed E-state index contributed by atoms with van der Waals surface area (Å²) < 4.78 is 11.9. The highest BCUT2D eigenvalue weighted by Crippen LogP contribution is 2.14. The first kappa shape index (κ1) is 21.1. The van der Waals surface area contributed by atoms with E-state index in [4.69, 9.17) is 9.47 Å². The predicted octanol–water partition coefficient (Wildman–Crippen LogP) is 2.66. The van der Waals surface area contributed by atoms with Gasteiger partial charge in [-0.1, -0.05) is 6.92 Å². The molecule has 0 spiro atoms. The normalized spacial score (nSPS) is 10.4. The predicted molar refractivity (Wildman–Crippen MR) is 103 cm³/mol. The van der Waals surface area contributed by atoms with E-state index in [1.165, 1.54) is 4.68 Å². The number of Topliss-reactive ketones (excluding diaryl/α,β-unsaturated/α-hetero) is 1. The van der Waals surface area contributed by atoms with E-state index in [9.17, 15) is 14.4 Å². The maximum absolute atomic E-state index is 12.2. The summed E-state index contributed by atoms with van der Waals surface area (Å²) in [5, 5.41) is 6.71. The van der Waals surface area contributed by atoms with E-state index in [0.29, 0.717) is 23.7 Å². The Bertz CT molecular complexity index is 827. The minimum atomic E-state index is -0.604. The van der Waals surface area contributed by atoms with Crippen molar-refractivity contribution >= 4 is 23.5 Å². The van der Waals surface area contributed by atoms with E-state index in [2.05, 4.69) is 10.4 Å². The number of aromatic nitrogens is 2. The fourth-order valence-electron chi connectivity index (χ4n) is 2.44. The number of carbonyl (C=O) groups is 3. The summed E-state index contributed by atoms with van der Waals surface area (Å²) in [4.78, 5) is 35.8. The molecule has 0 aliphatic rings. The number of rotatable bonds is 10. The van der Waals surface area contributed by atoms with Crippen molar-refractivity contribution in [1.82, 2.24) is 9.78 Å². The van der Waals surface area contributed by atoms with Gasteiger partial charge in [-0.05, 0) is 37.6 Å². The summed E-state index contributed by atoms with van der Waals surface area (Å²) in [6, 6.07) is 8.50. The first-order valence-electron chi connectivity index (χ1n) is 9.11. The lowest BCUT2D eigenvalue weighted by molar-refractivity contribution is -0.147. The molecule has 0 radical (unpaired) electrons. The van der Waals surface area contributed by atoms with Crippen molar-refractivity contribution in [2.45, 2.75) is 33.1 Å². The number of nitrogens with one attached hydrogen (secondary N) is 1. The number of anilines is 1. The second-order valence-corrected chi connectivity index (χ2v) is 6.30. The molecule has 0 bridgehead atoms. The lowest BCUT2D eigenvalue weighted by Gasteiger charge is -2.07. The molecule has 1 aromatic heterocycles. The van der Waals surface area contributed by atoms with Gasteiger partial charge in [0.25, 0.3) is 5.91 Å². The zero-order valence-corrected chi connectivity index (χ0v) is 16.4. The van der Waals surface area contributed by atoms with Crippen LogP contribution in [0.2, 0.25) is 0 Å². The number of benzene rings is 1. The van der Waals surface area contributed by atoms with Gasteiger partial charge in [0.1, 0.15) is 11.6 Å². The fourth-order valence-corrected chi connectivity index (χ4v) is 2.44. The summed E-state index contributed by atoms with van der Waals surface area (Å²) in [5.41, 5.74) is 1.26. The number of hydrogen-bond donors (Lipinski definition) is 1. The van der Waals surface area contributed by atoms with E-state index in [1.807, 2.05) is 6.92 Å². The van der Waals surface area contributed by atoms with Crippen LogP contribution in [0.25, 0.3) is 0 Å². The van der Waals surface area contributed by atoms with Gasteiger partial charge in [0.2, 0.25) is 0 Å². The van der Waals surface area contributed by atoms with Crippen LogP contribution in [0.5, 0.6) is 5.75 Å². The van der Waals surface area contributed by atoms with Crippen molar-refractivity contribution in [2.75, 3.05) is 18.5 Å². The minimum absolute atomic E-state index is 0.0105. The van der Waals surface area contributed by atoms with Crippen LogP contribution in [0, 0.1) is 6.92 Å². The highest BCUT2D eigenvalue weighted by atomic mass is 16.5. The Kier molecular flexibility index (Phi) is 7.74. The molecule has 1 N–H and O–H groups in total. The quantitative estimate of drug-likeness (QED) is 0.497. The van der Waals surface area contributed by atoms with E-state index < -0.39 is 18.5 Å². The molecule has 1 aromatic carbocycles. The van der Waals surface area contributed by atoms with E-state index in [1.54, 1.807) is 44.3 Å². The van der Waals surface area contributed by atoms with Gasteiger partial charge in [-0.3, -0.25) is 19.1 Å². The number of esters is 1. The van der Waals surface area contributed by atoms with E-state index in [0.717, 1.165) is 12.1 Å². The summed E-state index contributed by atoms with van der Waals surface area (Å²) in [5.74, 6) is -0.0285. The Morgan fingerprint density at radius 3 is 2.46 bits per heavy atom. The molecule has 0 fully saturated rings. The molecular weight excluding hydrogens is 362 g/mol. The molecule has 0 unspecified atom stereocenters. The Balaban J connectivity index is 1.72. The van der Waals surface area contributed by atoms with E-state index in [-0.39, 0.29) is 18.6 Å². The van der Waals surface area contributed by atoms with Gasteiger partial charge in [-0.15, -0.1) is 0 Å². The van der Waals surface area contributed by atoms with Crippen LogP contribution in [0.3, 0.4) is 0 Å². The molecule has 0 aliphatic carbocycles. The molecule has 0 saturated carbocycles. The second-order valence-electron chi connectivity index (χ2n) is 6.30. The lowest BCUT2D eigenvalue weighted by Crippen LogP contribution is -2.22. The Hall–Kier alpha value is -3.16. The third kappa shape index (κ3) is 6.53. The van der Waals surface area contributed by atoms with Crippen LogP contribution in [-0.2, 0) is 21.4 Å². The average Bonchev–Trinajstić information content (AvgIpc) is 2.99. The summed E-state index contributed by atoms with van der Waals surface area (Å²) >= 11 is 0. The number of nitrogens with zero attached hydrogens (tertiary/aromatic N) is 2. The molecular formula is C20H25N3O5. The van der Waals surface area contributed by atoms with Crippen molar-refractivity contribution in [1.29, 1.82) is 0 Å². The van der Waals surface area contributed by atoms with Crippen molar-refractivity contribution in [3.05, 3.63) is 41.6 Å². The van der Waals surface area contributed by atoms with Crippen molar-refractivity contribution in [2.24, 2.45) is 7.05 Å². The Morgan fingerprint density at radius 1 is 1.14 bits per heavy atom. The molecule has 150 valence electrons. The van der Waals surface area contributed by atoms with Gasteiger partial charge in [0, 0.05) is 25.1 Å². The van der Waals surface area contributed by atoms with Crippen LogP contribution in [-0.4, -0.2) is 40.7 Å². The van der Waals surface area contributed by atoms with Crippen LogP contribution in [0.4, 0.5) is 5.82 Å². The highest BCUT2D eigenvalue weighted by molar-refractivity contribution is 5.98. The zero-order chi connectivity index (χ0) is 20.5. The zero-order valence-electron chi connectivity index (χ0n) is 16.4. The molecule has 0 aliphatic heterocycles. The third-order valence-electron chi connectivity index (χ3n) is 3.84. The number of aryl methyl sites for hydroxylation is 2. The third-order valence-corrected chi connectivity index (χ3v) is 3.84. The number of carbonyl (C=O) groups excluding carboxylic acids is 3. The van der Waals surface area contributed by atoms with Crippen LogP contribution in [0.1, 0.15) is 42.2 Å². The number of amides is 1. The van der Waals surface area contributed by atoms with Crippen LogP contribution in [0.15, 0.2) is 30.3 Å². The minimum Gasteiger partial charge on any atom is -0.494 e. The van der Waals surface area contributed by atoms with Crippen LogP contribution >= 0.6 is 0 Å². The number of hydrogen-bond acceptors (Lipinski definition) is 6. The SMILES string of the molecule is CCCOc1ccc(C(=O)CCC(=O)OCC(=O)Nc2cc(C)nn2C)cc1. The molecule has 0 saturated heterocycles. The first-order chi connectivity index (χ1) is 13.4. The van der Waals surface area contributed by atoms with Gasteiger partial charge in [-0.2, -0.15) is 5.10 Å². The molecule has 8 nitrogen and oxygen atoms in total. The van der Waals surface area contributed by atoms with Crippen molar-refractivity contribution in [3.63, 3.8) is 0 Å². The Labute approximate surface area is 163 Å². The number of ketones is 1. The molecule has 8 heteroatoms. The summed E-state index contributed by atoms with van der Waals surface area (Å²) in [6.45, 7) is 4.02. The standard InChI is InChI=1S/C20H25N3O5/c1-4-11-27-16-7-5-15(6-8-16)17(24)9-10-20(26)28-13-19(25)21-18-12-14(2)22-23(18)3/h5-8,12H,4,9-11,13H2,1-3H3,(H,21,25). The first-order valence-corrected chi connectivity index (χ1v) is 9.11. The van der Waals surface area contributed by atoms with Gasteiger partial charge in [-0.25, -0.2) is 0 Å². The average molecular weight is 387 g/mol. The molecule has 28 heavy (non-hydrogen) atoms. The van der Waals surface area contributed by atoms with Gasteiger partial charge < -0.3 is 14.8 Å². The molecule has 1 heterocycles. The van der Waals surface area contributed by atoms with E-state index >= 15 is 0 Å². The maximum Gasteiger partial charge on any atom is 0.306 e. The molecule has 2 aromatic rings. The largest absolute Gasteiger partial charge is 0.494 e. The topological polar surface area (TPSA) is 99.5 Å². The van der Waals surface area contributed by atoms with Crippen LogP contribution < -0.4 is 10.1 Å². The second kappa shape index (κ2) is 10.2. The van der Waals surface area contributed by atoms with Gasteiger partial charge in [0.15, 0.2) is 12.4 Å². The summed E-state index contributed by atoms with van der Waals surface area (Å²) in [6.07, 6.45) is 0.824. The maximum atomic E-state index is 12.2. The number of ether oxygens (including phenoxy) is 2. The van der Waals surface area contributed by atoms with Gasteiger partial charge in [0.05, 0.1) is 18.7 Å².